The van der Waals surface area contributed by atoms with E-state index in [1.807, 2.05) is 33.0 Å². The molecule has 1 fully saturated rings. The summed E-state index contributed by atoms with van der Waals surface area (Å²) in [4.78, 5) is 11.6. The van der Waals surface area contributed by atoms with E-state index in [1.54, 1.807) is 12.1 Å². The van der Waals surface area contributed by atoms with E-state index in [4.69, 9.17) is 43.1 Å². The molecule has 3 unspecified atom stereocenters. The highest BCUT2D eigenvalue weighted by Crippen LogP contribution is 2.23. The molecular weight excluding hydrogens is 1050 g/mol. The summed E-state index contributed by atoms with van der Waals surface area (Å²) in [5.74, 6) is 121. The molecule has 0 bridgehead atoms. The second-order valence-corrected chi connectivity index (χ2v) is 13.8. The molecule has 1 saturated heterocycles. The summed E-state index contributed by atoms with van der Waals surface area (Å²) in [6.45, 7) is 4.71. The highest BCUT2D eigenvalue weighted by atomic mass is 79.9. The SMILES string of the molecule is C#CC#CC#CC#CC#CC#CC#CC#CC#COc1ccc(B2OC(C)CC(CC(CC)OOCCC[N+](C)(C#CC#CC#CC#CC#CC#CC#CC#CC#C)C#CC#CC#CC#CC#CC#CC#CC#CC#C)O2)cc1.[Br-].[HH].[HH].[HH].[HH].[HH].[HH].[HH].[HH].[HH].[HH].[HH].[HH].[HH].[HH].[HH].[HH].[HH].[HH].[HH].[HH].[HH].[HH].[HH].[HH].[HH].[HH].[HH].[HH].[HH].[HH].[HH].[HH].[HH].[HH].[HH].[HH].[HH].[HH].[HH].[HH].[HH].[HH].[HH].[HH].[HH].[HH].[HH].[HH].[HH].[HH].[HH].[HH].[HH].[HH]. The van der Waals surface area contributed by atoms with E-state index in [2.05, 4.69) is 302 Å². The van der Waals surface area contributed by atoms with E-state index in [0.717, 1.165) is 5.46 Å². The van der Waals surface area contributed by atoms with Gasteiger partial charge in [0.2, 0.25) is 0 Å². The van der Waals surface area contributed by atoms with Gasteiger partial charge >= 0.3 is 7.12 Å². The molecule has 0 aromatic heterocycles. The zero-order valence-corrected chi connectivity index (χ0v) is 44.5. The van der Waals surface area contributed by atoms with E-state index in [-0.39, 0.29) is 123 Å². The zero-order valence-electron chi connectivity index (χ0n) is 43.0. The number of ether oxygens (including phenoxy) is 1. The fourth-order valence-electron chi connectivity index (χ4n) is 4.93. The van der Waals surface area contributed by atoms with Gasteiger partial charge in [-0.15, -0.1) is 19.3 Å². The smallest absolute Gasteiger partial charge is 0.494 e. The molecule has 0 amide bonds. The van der Waals surface area contributed by atoms with Crippen molar-refractivity contribution < 1.29 is 122 Å². The van der Waals surface area contributed by atoms with E-state index in [9.17, 15) is 0 Å². The normalized spacial score (nSPS) is 10.0. The Balaban J connectivity index is -0.0000000224. The predicted octanol–water partition coefficient (Wildman–Crippen LogP) is 13.0. The van der Waals surface area contributed by atoms with Crippen molar-refractivity contribution in [3.05, 3.63) is 24.3 Å². The lowest BCUT2D eigenvalue weighted by Crippen LogP contribution is -3.00. The van der Waals surface area contributed by atoms with Crippen molar-refractivity contribution in [1.82, 2.24) is 0 Å². The van der Waals surface area contributed by atoms with Crippen LogP contribution in [0.1, 0.15) is 117 Å². The molecule has 0 N–H and O–H groups in total. The Morgan fingerprint density at radius 2 is 0.850 bits per heavy atom. The first-order valence-electron chi connectivity index (χ1n) is 22.6. The zero-order chi connectivity index (χ0) is 56.6. The van der Waals surface area contributed by atoms with E-state index >= 15 is 0 Å². The third-order valence-electron chi connectivity index (χ3n) is 8.10. The van der Waals surface area contributed by atoms with Crippen LogP contribution in [0.2, 0.25) is 0 Å². The number of quaternary nitrogens is 1. The molecule has 2 rings (SSSR count). The first-order chi connectivity index (χ1) is 38.9. The molecule has 1 aromatic carbocycles. The van der Waals surface area contributed by atoms with Crippen molar-refractivity contribution in [2.24, 2.45) is 0 Å². The molecule has 1 aromatic rings. The number of terminal acetylenes is 3. The molecule has 1 heterocycles. The van der Waals surface area contributed by atoms with Gasteiger partial charge in [0, 0.05) is 232 Å². The summed E-state index contributed by atoms with van der Waals surface area (Å²) in [5.41, 5.74) is 0.815. The van der Waals surface area contributed by atoms with Gasteiger partial charge in [0.25, 0.3) is 0 Å². The Bertz CT molecular complexity index is 4260. The number of hydrogen-bond acceptors (Lipinski definition) is 5. The van der Waals surface area contributed by atoms with Crippen molar-refractivity contribution in [2.75, 3.05) is 20.2 Å². The molecule has 8 heteroatoms. The lowest BCUT2D eigenvalue weighted by Gasteiger charge is -2.34. The molecule has 0 aliphatic carbocycles. The molecular formula is C72H139BBrNO5. The monoisotopic (exact) mass is 1190 g/mol. The summed E-state index contributed by atoms with van der Waals surface area (Å²) >= 11 is 0. The Labute approximate surface area is 565 Å². The predicted molar refractivity (Wildman–Crippen MR) is 421 cm³/mol. The third-order valence-corrected chi connectivity index (χ3v) is 8.10. The van der Waals surface area contributed by atoms with E-state index < -0.39 is 7.12 Å². The summed E-state index contributed by atoms with van der Waals surface area (Å²) in [7, 11) is 1.21. The number of nitrogens with zero attached hydrogens (tertiary/aromatic N) is 1. The lowest BCUT2D eigenvalue weighted by molar-refractivity contribution is -0.773. The fourth-order valence-corrected chi connectivity index (χ4v) is 4.93. The number of hydrogen-bond donors (Lipinski definition) is 0. The van der Waals surface area contributed by atoms with Gasteiger partial charge in [-0.2, -0.15) is 4.48 Å². The maximum absolute atomic E-state index is 6.38. The summed E-state index contributed by atoms with van der Waals surface area (Å²) in [5, 5.41) is 0. The molecule has 1 aliphatic rings. The Hall–Kier alpha value is -12.5. The maximum Gasteiger partial charge on any atom is 0.494 e. The topological polar surface area (TPSA) is 46.2 Å². The van der Waals surface area contributed by atoms with Gasteiger partial charge < -0.3 is 31.0 Å². The largest absolute Gasteiger partial charge is 1.00 e. The van der Waals surface area contributed by atoms with E-state index in [1.165, 1.54) is 0 Å². The molecule has 0 spiro atoms. The summed E-state index contributed by atoms with van der Waals surface area (Å²) < 4.78 is 18.0. The van der Waals surface area contributed by atoms with Crippen molar-refractivity contribution in [1.29, 1.82) is 0 Å². The van der Waals surface area contributed by atoms with Crippen molar-refractivity contribution in [2.45, 2.75) is 57.8 Å². The first kappa shape index (κ1) is 65.5. The summed E-state index contributed by atoms with van der Waals surface area (Å²) in [6, 6.07) is 13.3. The van der Waals surface area contributed by atoms with Gasteiger partial charge in [-0.3, -0.25) is 0 Å². The minimum atomic E-state index is -0.597. The molecule has 0 saturated carbocycles. The highest BCUT2D eigenvalue weighted by molar-refractivity contribution is 6.61. The molecule has 80 heavy (non-hydrogen) atoms. The molecule has 6 nitrogen and oxygen atoms in total. The van der Waals surface area contributed by atoms with Crippen molar-refractivity contribution in [3.8, 4) is 327 Å². The minimum absolute atomic E-state index is 0. The van der Waals surface area contributed by atoms with Crippen molar-refractivity contribution in [3.63, 3.8) is 0 Å². The molecule has 472 valence electrons. The highest BCUT2D eigenvalue weighted by Gasteiger charge is 2.35. The summed E-state index contributed by atoms with van der Waals surface area (Å²) in [6.07, 6.45) is 19.5. The molecule has 1 aliphatic heterocycles. The molecule has 0 radical (unpaired) electrons. The average Bonchev–Trinajstić information content (AvgIpc) is 0.835. The van der Waals surface area contributed by atoms with Gasteiger partial charge in [-0.25, -0.2) is 9.78 Å². The van der Waals surface area contributed by atoms with Gasteiger partial charge in [0.1, 0.15) is 18.4 Å². The standard InChI is InChI=1S/C72H31BNO5.BrH.54H2/c1-7-11-14-17-20-23-26-29-32-35-38-41-44-47-50-53-61-74(6,62-54-51-48-45-42-39-36-33-30-27-24-21-18-15-12-8-2)63-56-65-76-79-70(10-4)67-72-66-68(5)77-73(78-72)69-57-59-71(60-58-69)75-64-55-52-49-46-43-40-37-34-31-28-25-22-19-16-13-9-3;;;;;;;;;;;;;;;;;;;;;;;;;;;;;;;;;;;;;;;;;;;;;;;;;;;;;;;/h1-3,57-60,68,70,72H,10,56,63,65-67H2,4-6H3;55*1H/q+1;;;;;;;;;;;;;;;;;;;;;;;;;;;;;;;;;;;;;;;;;;;;;;;;;;;;;;;/p-1. The van der Waals surface area contributed by atoms with Crippen LogP contribution in [0.15, 0.2) is 24.3 Å². The van der Waals surface area contributed by atoms with Gasteiger partial charge in [0.05, 0.1) is 31.6 Å². The van der Waals surface area contributed by atoms with Crippen LogP contribution in [0.4, 0.5) is 0 Å². The van der Waals surface area contributed by atoms with Gasteiger partial charge in [-0.05, 0) is 179 Å². The number of halogens is 1. The second kappa shape index (κ2) is 47.5. The lowest BCUT2D eigenvalue weighted by atomic mass is 9.76. The van der Waals surface area contributed by atoms with Crippen LogP contribution in [0.25, 0.3) is 0 Å². The quantitative estimate of drug-likeness (QED) is 0.0552. The number of benzene rings is 1. The fraction of sp³-hybridized carbons (Fsp3) is 0.167. The number of rotatable bonds is 11. The van der Waals surface area contributed by atoms with Crippen LogP contribution in [-0.4, -0.2) is 50.1 Å². The Kier molecular flexibility index (Phi) is 38.9. The van der Waals surface area contributed by atoms with Crippen LogP contribution in [0.3, 0.4) is 0 Å². The Morgan fingerprint density at radius 1 is 0.512 bits per heavy atom. The van der Waals surface area contributed by atoms with E-state index in [0.29, 0.717) is 38.0 Å². The van der Waals surface area contributed by atoms with Crippen LogP contribution in [0, 0.1) is 322 Å². The first-order valence-corrected chi connectivity index (χ1v) is 22.6. The third kappa shape index (κ3) is 37.3. The van der Waals surface area contributed by atoms with Gasteiger partial charge in [-0.1, -0.05) is 19.1 Å². The van der Waals surface area contributed by atoms with Gasteiger partial charge in [0.15, 0.2) is 12.1 Å². The van der Waals surface area contributed by atoms with Crippen LogP contribution < -0.4 is 27.2 Å². The van der Waals surface area contributed by atoms with Crippen LogP contribution >= 0.6 is 0 Å². The minimum Gasteiger partial charge on any atom is -1.00 e. The second-order valence-electron chi connectivity index (χ2n) is 13.8. The molecule has 3 atom stereocenters. The maximum atomic E-state index is 6.38. The van der Waals surface area contributed by atoms with Crippen LogP contribution in [-0.2, 0) is 19.1 Å². The average molecular weight is 1190 g/mol. The Morgan fingerprint density at radius 3 is 1.20 bits per heavy atom. The van der Waals surface area contributed by atoms with Crippen molar-refractivity contribution >= 4 is 12.6 Å². The van der Waals surface area contributed by atoms with Crippen LogP contribution in [0.5, 0.6) is 5.75 Å².